The smallest absolute Gasteiger partial charge is 0.416 e. The number of ether oxygens (including phenoxy) is 1. The summed E-state index contributed by atoms with van der Waals surface area (Å²) in [7, 11) is 1.25. The van der Waals surface area contributed by atoms with Crippen LogP contribution >= 0.6 is 0 Å². The van der Waals surface area contributed by atoms with E-state index in [4.69, 9.17) is 9.84 Å². The van der Waals surface area contributed by atoms with Crippen LogP contribution in [-0.2, 0) is 22.2 Å². The molecule has 0 aromatic heterocycles. The van der Waals surface area contributed by atoms with Gasteiger partial charge in [-0.1, -0.05) is 42.5 Å². The van der Waals surface area contributed by atoms with Gasteiger partial charge in [-0.15, -0.1) is 0 Å². The Balaban J connectivity index is 1.59. The molecular formula is C33H33F3N2O5. The van der Waals surface area contributed by atoms with Gasteiger partial charge in [-0.2, -0.15) is 13.2 Å². The number of hydrogen-bond donors (Lipinski definition) is 3. The zero-order chi connectivity index (χ0) is 31.0. The van der Waals surface area contributed by atoms with Crippen molar-refractivity contribution in [1.29, 1.82) is 0 Å². The van der Waals surface area contributed by atoms with Crippen LogP contribution in [0.5, 0.6) is 5.75 Å². The van der Waals surface area contributed by atoms with Crippen molar-refractivity contribution >= 4 is 29.0 Å². The second-order valence-electron chi connectivity index (χ2n) is 10.4. The Hall–Kier alpha value is -4.60. The van der Waals surface area contributed by atoms with Gasteiger partial charge in [-0.25, -0.2) is 0 Å². The van der Waals surface area contributed by atoms with Crippen LogP contribution < -0.4 is 15.4 Å². The lowest BCUT2D eigenvalue weighted by Crippen LogP contribution is -2.26. The molecule has 43 heavy (non-hydrogen) atoms. The molecule has 3 aromatic rings. The summed E-state index contributed by atoms with van der Waals surface area (Å²) < 4.78 is 45.5. The molecule has 0 saturated carbocycles. The predicted molar refractivity (Wildman–Crippen MR) is 157 cm³/mol. The molecule has 1 aliphatic carbocycles. The molecule has 226 valence electrons. The number of alkyl halides is 3. The number of amides is 2. The average molecular weight is 595 g/mol. The highest BCUT2D eigenvalue weighted by atomic mass is 19.4. The Bertz CT molecular complexity index is 1480. The largest absolute Gasteiger partial charge is 0.497 e. The maximum absolute atomic E-state index is 13.7. The van der Waals surface area contributed by atoms with Crippen molar-refractivity contribution in [2.45, 2.75) is 50.6 Å². The Kier molecular flexibility index (Phi) is 10.2. The number of anilines is 1. The third-order valence-corrected chi connectivity index (χ3v) is 7.31. The van der Waals surface area contributed by atoms with Gasteiger partial charge in [0.15, 0.2) is 0 Å². The Morgan fingerprint density at radius 2 is 1.70 bits per heavy atom. The highest BCUT2D eigenvalue weighted by molar-refractivity contribution is 5.97. The lowest BCUT2D eigenvalue weighted by Gasteiger charge is -2.20. The molecule has 3 N–H and O–H groups in total. The maximum atomic E-state index is 13.7. The fourth-order valence-electron chi connectivity index (χ4n) is 4.99. The van der Waals surface area contributed by atoms with E-state index in [0.29, 0.717) is 11.1 Å². The third kappa shape index (κ3) is 8.70. The third-order valence-electron chi connectivity index (χ3n) is 7.31. The summed E-state index contributed by atoms with van der Waals surface area (Å²) in [4.78, 5) is 36.7. The first-order chi connectivity index (χ1) is 20.5. The van der Waals surface area contributed by atoms with Crippen molar-refractivity contribution in [2.24, 2.45) is 0 Å². The first-order valence-corrected chi connectivity index (χ1v) is 14.0. The molecule has 0 radical (unpaired) electrons. The first kappa shape index (κ1) is 31.3. The van der Waals surface area contributed by atoms with E-state index >= 15 is 0 Å². The monoisotopic (exact) mass is 594 g/mol. The second kappa shape index (κ2) is 14.0. The number of carboxylic acid groups (broad SMARTS) is 1. The average Bonchev–Trinajstić information content (AvgIpc) is 2.99. The van der Waals surface area contributed by atoms with Crippen LogP contribution in [0.2, 0.25) is 0 Å². The molecule has 1 aliphatic rings. The Morgan fingerprint density at radius 1 is 0.977 bits per heavy atom. The van der Waals surface area contributed by atoms with Gasteiger partial charge in [-0.05, 0) is 78.6 Å². The van der Waals surface area contributed by atoms with Crippen molar-refractivity contribution in [3.63, 3.8) is 0 Å². The number of nitrogens with one attached hydrogen (secondary N) is 2. The van der Waals surface area contributed by atoms with Crippen LogP contribution in [-0.4, -0.2) is 36.5 Å². The fraction of sp³-hybridized carbons (Fsp3) is 0.303. The van der Waals surface area contributed by atoms with Gasteiger partial charge in [0.2, 0.25) is 5.91 Å². The molecule has 10 heteroatoms. The number of carbonyl (C=O) groups excluding carboxylic acids is 2. The first-order valence-electron chi connectivity index (χ1n) is 14.0. The summed E-state index contributed by atoms with van der Waals surface area (Å²) in [6.07, 6.45) is 1.90. The van der Waals surface area contributed by atoms with Crippen LogP contribution in [0.15, 0.2) is 72.8 Å². The van der Waals surface area contributed by atoms with Gasteiger partial charge in [0.05, 0.1) is 25.0 Å². The van der Waals surface area contributed by atoms with E-state index in [1.54, 1.807) is 24.3 Å². The zero-order valence-corrected chi connectivity index (χ0v) is 23.7. The van der Waals surface area contributed by atoms with Gasteiger partial charge in [-0.3, -0.25) is 14.4 Å². The minimum Gasteiger partial charge on any atom is -0.497 e. The van der Waals surface area contributed by atoms with E-state index in [9.17, 15) is 27.6 Å². The molecule has 7 nitrogen and oxygen atoms in total. The number of allylic oxidation sites excluding steroid dienone is 2. The molecule has 4 rings (SSSR count). The molecule has 0 spiro atoms. The van der Waals surface area contributed by atoms with E-state index in [1.165, 1.54) is 18.7 Å². The van der Waals surface area contributed by atoms with E-state index < -0.39 is 35.4 Å². The van der Waals surface area contributed by atoms with Gasteiger partial charge in [0.1, 0.15) is 5.75 Å². The topological polar surface area (TPSA) is 105 Å². The number of halogens is 3. The Labute approximate surface area is 247 Å². The van der Waals surface area contributed by atoms with Crippen LogP contribution in [0.25, 0.3) is 5.57 Å². The van der Waals surface area contributed by atoms with E-state index in [1.807, 2.05) is 24.3 Å². The number of aliphatic carboxylic acids is 1. The Morgan fingerprint density at radius 3 is 2.30 bits per heavy atom. The summed E-state index contributed by atoms with van der Waals surface area (Å²) in [6, 6.07) is 17.3. The van der Waals surface area contributed by atoms with Crippen LogP contribution in [0.4, 0.5) is 18.9 Å². The predicted octanol–water partition coefficient (Wildman–Crippen LogP) is 6.84. The molecule has 0 bridgehead atoms. The van der Waals surface area contributed by atoms with Crippen molar-refractivity contribution in [3.8, 4) is 5.75 Å². The summed E-state index contributed by atoms with van der Waals surface area (Å²) in [5.41, 5.74) is 3.09. The van der Waals surface area contributed by atoms with Gasteiger partial charge < -0.3 is 20.5 Å². The quantitative estimate of drug-likeness (QED) is 0.226. The van der Waals surface area contributed by atoms with Crippen LogP contribution in [0.1, 0.15) is 70.6 Å². The summed E-state index contributed by atoms with van der Waals surface area (Å²) >= 11 is 0. The van der Waals surface area contributed by atoms with E-state index in [-0.39, 0.29) is 30.8 Å². The molecule has 1 unspecified atom stereocenters. The minimum absolute atomic E-state index is 0.00855. The summed E-state index contributed by atoms with van der Waals surface area (Å²) in [6.45, 7) is -0.00855. The van der Waals surface area contributed by atoms with Gasteiger partial charge in [0, 0.05) is 23.9 Å². The van der Waals surface area contributed by atoms with E-state index in [2.05, 4.69) is 16.7 Å². The second-order valence-corrected chi connectivity index (χ2v) is 10.4. The van der Waals surface area contributed by atoms with Crippen molar-refractivity contribution < 1.29 is 37.4 Å². The van der Waals surface area contributed by atoms with Crippen molar-refractivity contribution in [1.82, 2.24) is 5.32 Å². The number of methoxy groups -OCH3 is 1. The lowest BCUT2D eigenvalue weighted by molar-refractivity contribution is -0.138. The lowest BCUT2D eigenvalue weighted by atomic mass is 9.88. The molecule has 0 heterocycles. The maximum Gasteiger partial charge on any atom is 0.416 e. The highest BCUT2D eigenvalue weighted by Crippen LogP contribution is 2.35. The number of benzene rings is 3. The van der Waals surface area contributed by atoms with E-state index in [0.717, 1.165) is 48.9 Å². The highest BCUT2D eigenvalue weighted by Gasteiger charge is 2.32. The molecule has 0 aliphatic heterocycles. The summed E-state index contributed by atoms with van der Waals surface area (Å²) in [5, 5.41) is 13.9. The molecular weight excluding hydrogens is 561 g/mol. The summed E-state index contributed by atoms with van der Waals surface area (Å²) in [5.74, 6) is -2.74. The van der Waals surface area contributed by atoms with Crippen molar-refractivity contribution in [3.05, 3.63) is 101 Å². The fourth-order valence-corrected chi connectivity index (χ4v) is 4.99. The molecule has 2 amide bonds. The minimum atomic E-state index is -4.63. The van der Waals surface area contributed by atoms with Crippen LogP contribution in [0, 0.1) is 0 Å². The molecule has 0 fully saturated rings. The van der Waals surface area contributed by atoms with Crippen molar-refractivity contribution in [2.75, 3.05) is 19.0 Å². The molecule has 1 atom stereocenters. The zero-order valence-electron chi connectivity index (χ0n) is 23.7. The number of carbonyl (C=O) groups is 3. The van der Waals surface area contributed by atoms with Crippen LogP contribution in [0.3, 0.4) is 0 Å². The molecule has 3 aromatic carbocycles. The number of carboxylic acids is 1. The number of rotatable bonds is 11. The standard InChI is InChI=1S/C33H33F3N2O5/c1-43-28-19-26(33(34,35)36)18-27(20-28)38-32(42)29(24-13-11-23(12-14-24)22-5-3-2-4-6-22)17-21-7-9-25(10-8-21)31(41)37-16-15-30(39)40/h5,7-14,18-20,29H,2-4,6,15-17H2,1H3,(H,37,41)(H,38,42)(H,39,40). The number of hydrogen-bond acceptors (Lipinski definition) is 4. The molecule has 0 saturated heterocycles. The SMILES string of the molecule is COc1cc(NC(=O)C(Cc2ccc(C(=O)NCCC(=O)O)cc2)c2ccc(C3=CCCCC3)cc2)cc(C(F)(F)F)c1. The van der Waals surface area contributed by atoms with Gasteiger partial charge in [0.25, 0.3) is 5.91 Å². The normalized spacial score (nSPS) is 13.9. The van der Waals surface area contributed by atoms with Gasteiger partial charge >= 0.3 is 12.1 Å².